The van der Waals surface area contributed by atoms with Crippen LogP contribution in [-0.4, -0.2) is 31.8 Å². The highest BCUT2D eigenvalue weighted by Gasteiger charge is 2.28. The number of nitrogens with zero attached hydrogens (tertiary/aromatic N) is 4. The number of aryl methyl sites for hydroxylation is 2. The van der Waals surface area contributed by atoms with Crippen LogP contribution in [0.3, 0.4) is 0 Å². The third-order valence-electron chi connectivity index (χ3n) is 6.94. The Labute approximate surface area is 219 Å². The molecular weight excluding hydrogens is 460 g/mol. The maximum absolute atomic E-state index is 10.9. The smallest absolute Gasteiger partial charge is 0.157 e. The molecule has 2 heterocycles. The van der Waals surface area contributed by atoms with Crippen molar-refractivity contribution in [1.82, 2.24) is 14.5 Å². The van der Waals surface area contributed by atoms with Crippen LogP contribution in [0.5, 0.6) is 0 Å². The van der Waals surface area contributed by atoms with E-state index in [1.165, 1.54) is 22.4 Å². The molecule has 5 rings (SSSR count). The minimum atomic E-state index is -0.882. The lowest BCUT2D eigenvalue weighted by atomic mass is 9.94. The van der Waals surface area contributed by atoms with E-state index < -0.39 is 5.60 Å². The predicted octanol–water partition coefficient (Wildman–Crippen LogP) is 5.82. The van der Waals surface area contributed by atoms with E-state index in [-0.39, 0.29) is 0 Å². The van der Waals surface area contributed by atoms with Gasteiger partial charge in [0, 0.05) is 25.4 Å². The lowest BCUT2D eigenvalue weighted by Gasteiger charge is -2.28. The van der Waals surface area contributed by atoms with E-state index in [1.54, 1.807) is 0 Å². The maximum atomic E-state index is 10.9. The summed E-state index contributed by atoms with van der Waals surface area (Å²) in [4.78, 5) is 12.8. The summed E-state index contributed by atoms with van der Waals surface area (Å²) in [6.45, 7) is 8.66. The largest absolute Gasteiger partial charge is 0.389 e. The Hall–Kier alpha value is -3.22. The maximum Gasteiger partial charge on any atom is 0.157 e. The van der Waals surface area contributed by atoms with E-state index >= 15 is 0 Å². The molecular formula is C31H38N4O2. The van der Waals surface area contributed by atoms with Crippen LogP contribution in [0, 0.1) is 0 Å². The van der Waals surface area contributed by atoms with Crippen LogP contribution in [0.25, 0.3) is 11.0 Å². The van der Waals surface area contributed by atoms with Crippen molar-refractivity contribution in [2.24, 2.45) is 0 Å². The molecule has 0 bridgehead atoms. The molecule has 0 amide bonds. The van der Waals surface area contributed by atoms with Crippen LogP contribution in [0.4, 0.5) is 5.82 Å². The van der Waals surface area contributed by atoms with Gasteiger partial charge in [0.05, 0.1) is 17.7 Å². The lowest BCUT2D eigenvalue weighted by Crippen LogP contribution is -2.28. The van der Waals surface area contributed by atoms with Crippen LogP contribution in [0.15, 0.2) is 60.7 Å². The molecule has 0 radical (unpaired) electrons. The Balaban J connectivity index is 1.71. The summed E-state index contributed by atoms with van der Waals surface area (Å²) in [6, 6.07) is 21.1. The Morgan fingerprint density at radius 1 is 0.919 bits per heavy atom. The zero-order valence-electron chi connectivity index (χ0n) is 22.3. The van der Waals surface area contributed by atoms with Crippen LogP contribution in [-0.2, 0) is 43.8 Å². The van der Waals surface area contributed by atoms with Crippen LogP contribution < -0.4 is 4.90 Å². The fourth-order valence-electron chi connectivity index (χ4n) is 5.30. The van der Waals surface area contributed by atoms with Gasteiger partial charge in [0.1, 0.15) is 17.9 Å². The van der Waals surface area contributed by atoms with Crippen molar-refractivity contribution in [1.29, 1.82) is 0 Å². The van der Waals surface area contributed by atoms with Gasteiger partial charge in [-0.15, -0.1) is 0 Å². The monoisotopic (exact) mass is 498 g/mol. The van der Waals surface area contributed by atoms with E-state index in [4.69, 9.17) is 14.7 Å². The number of hydrogen-bond donors (Lipinski definition) is 1. The number of anilines is 1. The molecule has 37 heavy (non-hydrogen) atoms. The molecule has 0 aliphatic heterocycles. The summed E-state index contributed by atoms with van der Waals surface area (Å²) >= 11 is 0. The second kappa shape index (κ2) is 11.0. The third-order valence-corrected chi connectivity index (χ3v) is 6.94. The van der Waals surface area contributed by atoms with Crippen molar-refractivity contribution in [3.8, 4) is 0 Å². The SMILES string of the molecule is CCOCc1nc2c(N(Cc3ccccc3)Cc3ccccc3)nc3c(c2n1CC(C)(C)O)CCCC3. The van der Waals surface area contributed by atoms with Crippen LogP contribution in [0.1, 0.15) is 61.8 Å². The molecule has 1 aliphatic rings. The van der Waals surface area contributed by atoms with Gasteiger partial charge in [-0.05, 0) is 63.1 Å². The third kappa shape index (κ3) is 5.86. The number of hydrogen-bond acceptors (Lipinski definition) is 5. The van der Waals surface area contributed by atoms with E-state index in [0.29, 0.717) is 19.8 Å². The predicted molar refractivity (Wildman–Crippen MR) is 149 cm³/mol. The zero-order chi connectivity index (χ0) is 25.8. The number of pyridine rings is 1. The van der Waals surface area contributed by atoms with E-state index in [0.717, 1.165) is 61.4 Å². The topological polar surface area (TPSA) is 63.4 Å². The molecule has 6 nitrogen and oxygen atoms in total. The minimum Gasteiger partial charge on any atom is -0.389 e. The first-order chi connectivity index (χ1) is 17.9. The second-order valence-electron chi connectivity index (χ2n) is 10.7. The Kier molecular flexibility index (Phi) is 7.58. The molecule has 2 aromatic heterocycles. The van der Waals surface area contributed by atoms with E-state index in [2.05, 4.69) is 70.1 Å². The van der Waals surface area contributed by atoms with Gasteiger partial charge in [0.25, 0.3) is 0 Å². The average Bonchev–Trinajstić information content (AvgIpc) is 3.24. The van der Waals surface area contributed by atoms with Crippen molar-refractivity contribution in [2.45, 2.75) is 78.3 Å². The molecule has 0 spiro atoms. The molecule has 1 N–H and O–H groups in total. The first-order valence-electron chi connectivity index (χ1n) is 13.5. The Morgan fingerprint density at radius 2 is 1.54 bits per heavy atom. The zero-order valence-corrected chi connectivity index (χ0v) is 22.3. The Bertz CT molecular complexity index is 1290. The van der Waals surface area contributed by atoms with Gasteiger partial charge in [-0.25, -0.2) is 9.97 Å². The number of aromatic nitrogens is 3. The molecule has 4 aromatic rings. The van der Waals surface area contributed by atoms with Gasteiger partial charge in [-0.3, -0.25) is 0 Å². The quantitative estimate of drug-likeness (QED) is 0.298. The van der Waals surface area contributed by atoms with E-state index in [1.807, 2.05) is 20.8 Å². The fraction of sp³-hybridized carbons (Fsp3) is 0.419. The van der Waals surface area contributed by atoms with Crippen molar-refractivity contribution < 1.29 is 9.84 Å². The van der Waals surface area contributed by atoms with Crippen molar-refractivity contribution in [2.75, 3.05) is 11.5 Å². The molecule has 6 heteroatoms. The van der Waals surface area contributed by atoms with Crippen molar-refractivity contribution in [3.63, 3.8) is 0 Å². The first-order valence-corrected chi connectivity index (χ1v) is 13.5. The summed E-state index contributed by atoms with van der Waals surface area (Å²) < 4.78 is 8.04. The van der Waals surface area contributed by atoms with Crippen LogP contribution in [0.2, 0.25) is 0 Å². The summed E-state index contributed by atoms with van der Waals surface area (Å²) in [5.74, 6) is 1.76. The Morgan fingerprint density at radius 3 is 2.14 bits per heavy atom. The highest BCUT2D eigenvalue weighted by atomic mass is 16.5. The van der Waals surface area contributed by atoms with Gasteiger partial charge in [-0.1, -0.05) is 60.7 Å². The van der Waals surface area contributed by atoms with Gasteiger partial charge in [0.2, 0.25) is 0 Å². The molecule has 2 aromatic carbocycles. The molecule has 1 aliphatic carbocycles. The van der Waals surface area contributed by atoms with Gasteiger partial charge in [-0.2, -0.15) is 0 Å². The van der Waals surface area contributed by atoms with Crippen molar-refractivity contribution >= 4 is 16.9 Å². The number of benzene rings is 2. The van der Waals surface area contributed by atoms with Gasteiger partial charge >= 0.3 is 0 Å². The summed E-state index contributed by atoms with van der Waals surface area (Å²) in [5, 5.41) is 10.9. The number of rotatable bonds is 10. The number of ether oxygens (including phenoxy) is 1. The number of fused-ring (bicyclic) bond motifs is 3. The van der Waals surface area contributed by atoms with E-state index in [9.17, 15) is 5.11 Å². The standard InChI is InChI=1S/C31H38N4O2/c1-4-37-21-27-33-28-29(35(27)22-31(2,3)36)25-17-11-12-18-26(25)32-30(28)34(19-23-13-7-5-8-14-23)20-24-15-9-6-10-16-24/h5-10,13-16,36H,4,11-12,17-22H2,1-3H3. The highest BCUT2D eigenvalue weighted by Crippen LogP contribution is 2.36. The minimum absolute atomic E-state index is 0.410. The van der Waals surface area contributed by atoms with Crippen molar-refractivity contribution in [3.05, 3.63) is 88.9 Å². The molecule has 194 valence electrons. The molecule has 0 saturated carbocycles. The molecule has 0 fully saturated rings. The lowest BCUT2D eigenvalue weighted by molar-refractivity contribution is 0.0581. The number of imidazole rings is 1. The summed E-state index contributed by atoms with van der Waals surface area (Å²) in [7, 11) is 0. The summed E-state index contributed by atoms with van der Waals surface area (Å²) in [5.41, 5.74) is 6.05. The fourth-order valence-corrected chi connectivity index (χ4v) is 5.30. The molecule has 0 unspecified atom stereocenters. The van der Waals surface area contributed by atoms with Gasteiger partial charge in [0.15, 0.2) is 5.82 Å². The second-order valence-corrected chi connectivity index (χ2v) is 10.7. The normalized spacial score (nSPS) is 13.6. The summed E-state index contributed by atoms with van der Waals surface area (Å²) in [6.07, 6.45) is 4.25. The highest BCUT2D eigenvalue weighted by molar-refractivity contribution is 5.90. The molecule has 0 atom stereocenters. The first kappa shape index (κ1) is 25.4. The van der Waals surface area contributed by atoms with Crippen LogP contribution >= 0.6 is 0 Å². The van der Waals surface area contributed by atoms with Gasteiger partial charge < -0.3 is 19.3 Å². The molecule has 0 saturated heterocycles. The average molecular weight is 499 g/mol. The number of aliphatic hydroxyl groups is 1.